The van der Waals surface area contributed by atoms with Crippen LogP contribution in [0.25, 0.3) is 0 Å². The minimum absolute atomic E-state index is 0.0814. The van der Waals surface area contributed by atoms with Gasteiger partial charge in [0.1, 0.15) is 0 Å². The van der Waals surface area contributed by atoms with E-state index in [9.17, 15) is 8.42 Å². The molecule has 4 nitrogen and oxygen atoms in total. The first-order valence-electron chi connectivity index (χ1n) is 3.88. The molecule has 1 aromatic carbocycles. The number of nitrogens with two attached hydrogens (primary N) is 2. The molecule has 0 fully saturated rings. The Balaban J connectivity index is 3.51. The minimum Gasteiger partial charge on any atom is -0.326 e. The van der Waals surface area contributed by atoms with Gasteiger partial charge in [0.2, 0.25) is 10.0 Å². The van der Waals surface area contributed by atoms with Gasteiger partial charge in [0, 0.05) is 11.0 Å². The molecular formula is C8H11BrN2O2S. The predicted octanol–water partition coefficient (Wildman–Crippen LogP) is 0.864. The zero-order valence-corrected chi connectivity index (χ0v) is 10.0. The summed E-state index contributed by atoms with van der Waals surface area (Å²) in [4.78, 5) is 0.0814. The summed E-state index contributed by atoms with van der Waals surface area (Å²) in [5, 5.41) is 5.05. The van der Waals surface area contributed by atoms with Gasteiger partial charge in [0.15, 0.2) is 0 Å². The second-order valence-electron chi connectivity index (χ2n) is 2.97. The van der Waals surface area contributed by atoms with E-state index in [4.69, 9.17) is 10.9 Å². The molecule has 14 heavy (non-hydrogen) atoms. The van der Waals surface area contributed by atoms with Gasteiger partial charge in [-0.05, 0) is 40.0 Å². The third-order valence-corrected chi connectivity index (χ3v) is 4.07. The largest absolute Gasteiger partial charge is 0.326 e. The van der Waals surface area contributed by atoms with Crippen LogP contribution in [0.1, 0.15) is 11.1 Å². The maximum absolute atomic E-state index is 11.2. The van der Waals surface area contributed by atoms with E-state index in [-0.39, 0.29) is 11.4 Å². The number of benzene rings is 1. The lowest BCUT2D eigenvalue weighted by Crippen LogP contribution is -2.14. The molecule has 0 aliphatic heterocycles. The van der Waals surface area contributed by atoms with E-state index in [1.807, 2.05) is 6.07 Å². The van der Waals surface area contributed by atoms with Gasteiger partial charge in [0.25, 0.3) is 0 Å². The van der Waals surface area contributed by atoms with Crippen LogP contribution in [0.2, 0.25) is 0 Å². The van der Waals surface area contributed by atoms with Crippen molar-refractivity contribution in [3.05, 3.63) is 27.7 Å². The smallest absolute Gasteiger partial charge is 0.239 e. The minimum atomic E-state index is -3.69. The third kappa shape index (κ3) is 2.33. The fraction of sp³-hybridized carbons (Fsp3) is 0.250. The highest BCUT2D eigenvalue weighted by atomic mass is 79.9. The van der Waals surface area contributed by atoms with Gasteiger partial charge in [-0.25, -0.2) is 13.6 Å². The lowest BCUT2D eigenvalue weighted by atomic mass is 10.1. The van der Waals surface area contributed by atoms with Gasteiger partial charge in [-0.2, -0.15) is 0 Å². The van der Waals surface area contributed by atoms with Crippen molar-refractivity contribution < 1.29 is 8.42 Å². The normalized spacial score (nSPS) is 11.7. The molecule has 0 atom stereocenters. The van der Waals surface area contributed by atoms with Crippen molar-refractivity contribution in [2.45, 2.75) is 18.4 Å². The van der Waals surface area contributed by atoms with Gasteiger partial charge < -0.3 is 5.73 Å². The van der Waals surface area contributed by atoms with E-state index in [1.54, 1.807) is 6.92 Å². The maximum atomic E-state index is 11.2. The molecule has 0 saturated carbocycles. The Hall–Kier alpha value is -0.430. The van der Waals surface area contributed by atoms with Gasteiger partial charge in [-0.15, -0.1) is 0 Å². The fourth-order valence-corrected chi connectivity index (χ4v) is 2.77. The van der Waals surface area contributed by atoms with E-state index in [0.717, 1.165) is 11.1 Å². The molecule has 0 saturated heterocycles. The van der Waals surface area contributed by atoms with Gasteiger partial charge >= 0.3 is 0 Å². The van der Waals surface area contributed by atoms with Crippen molar-refractivity contribution in [2.75, 3.05) is 0 Å². The molecule has 0 unspecified atom stereocenters. The standard InChI is InChI=1S/C8H11BrN2O2S/c1-5-2-6(4-10)3-7(8(5)9)14(11,12)13/h2-3H,4,10H2,1H3,(H2,11,12,13). The number of halogens is 1. The predicted molar refractivity (Wildman–Crippen MR) is 58.1 cm³/mol. The van der Waals surface area contributed by atoms with Crippen LogP contribution in [0.15, 0.2) is 21.5 Å². The van der Waals surface area contributed by atoms with Crippen molar-refractivity contribution in [3.8, 4) is 0 Å². The molecule has 0 bridgehead atoms. The Labute approximate surface area is 91.5 Å². The summed E-state index contributed by atoms with van der Waals surface area (Å²) in [5.74, 6) is 0. The van der Waals surface area contributed by atoms with Crippen LogP contribution in [0, 0.1) is 6.92 Å². The lowest BCUT2D eigenvalue weighted by Gasteiger charge is -2.07. The van der Waals surface area contributed by atoms with Crippen LogP contribution < -0.4 is 10.9 Å². The molecule has 0 amide bonds. The van der Waals surface area contributed by atoms with E-state index < -0.39 is 10.0 Å². The second-order valence-corrected chi connectivity index (χ2v) is 5.30. The summed E-state index contributed by atoms with van der Waals surface area (Å²) in [5.41, 5.74) is 6.98. The monoisotopic (exact) mass is 278 g/mol. The van der Waals surface area contributed by atoms with Gasteiger partial charge in [0.05, 0.1) is 4.90 Å². The summed E-state index contributed by atoms with van der Waals surface area (Å²) in [6, 6.07) is 3.30. The van der Waals surface area contributed by atoms with Crippen LogP contribution in [-0.2, 0) is 16.6 Å². The Morgan fingerprint density at radius 1 is 1.43 bits per heavy atom. The number of hydrogen-bond acceptors (Lipinski definition) is 3. The summed E-state index contributed by atoms with van der Waals surface area (Å²) in [6.45, 7) is 2.08. The molecule has 1 aromatic rings. The van der Waals surface area contributed by atoms with Crippen molar-refractivity contribution in [1.82, 2.24) is 0 Å². The molecule has 0 spiro atoms. The van der Waals surface area contributed by atoms with Crippen molar-refractivity contribution >= 4 is 26.0 Å². The first-order chi connectivity index (χ1) is 6.36. The average Bonchev–Trinajstić information content (AvgIpc) is 2.07. The Bertz CT molecular complexity index is 457. The first-order valence-corrected chi connectivity index (χ1v) is 6.22. The highest BCUT2D eigenvalue weighted by molar-refractivity contribution is 9.10. The maximum Gasteiger partial charge on any atom is 0.239 e. The van der Waals surface area contributed by atoms with Crippen LogP contribution >= 0.6 is 15.9 Å². The lowest BCUT2D eigenvalue weighted by molar-refractivity contribution is 0.597. The molecule has 4 N–H and O–H groups in total. The fourth-order valence-electron chi connectivity index (χ4n) is 1.13. The first kappa shape index (κ1) is 11.6. The molecule has 6 heteroatoms. The topological polar surface area (TPSA) is 86.2 Å². The Kier molecular flexibility index (Phi) is 3.31. The molecule has 78 valence electrons. The summed E-state index contributed by atoms with van der Waals surface area (Å²) < 4.78 is 22.9. The van der Waals surface area contributed by atoms with Crippen molar-refractivity contribution in [2.24, 2.45) is 10.9 Å². The van der Waals surface area contributed by atoms with E-state index in [0.29, 0.717) is 4.47 Å². The summed E-state index contributed by atoms with van der Waals surface area (Å²) >= 11 is 3.18. The van der Waals surface area contributed by atoms with Crippen LogP contribution in [0.3, 0.4) is 0 Å². The molecule has 0 aliphatic rings. The zero-order chi connectivity index (χ0) is 10.9. The second kappa shape index (κ2) is 3.98. The highest BCUT2D eigenvalue weighted by Crippen LogP contribution is 2.26. The van der Waals surface area contributed by atoms with Gasteiger partial charge in [-0.3, -0.25) is 0 Å². The SMILES string of the molecule is Cc1cc(CN)cc(S(N)(=O)=O)c1Br. The molecule has 0 heterocycles. The number of hydrogen-bond donors (Lipinski definition) is 2. The number of aryl methyl sites for hydroxylation is 1. The number of primary sulfonamides is 1. The molecule has 0 aliphatic carbocycles. The van der Waals surface area contributed by atoms with E-state index in [1.165, 1.54) is 6.07 Å². The molecule has 0 radical (unpaired) electrons. The van der Waals surface area contributed by atoms with Crippen molar-refractivity contribution in [3.63, 3.8) is 0 Å². The molecule has 0 aromatic heterocycles. The zero-order valence-electron chi connectivity index (χ0n) is 7.62. The van der Waals surface area contributed by atoms with Crippen LogP contribution in [0.4, 0.5) is 0 Å². The Morgan fingerprint density at radius 2 is 2.00 bits per heavy atom. The molecular weight excluding hydrogens is 268 g/mol. The number of rotatable bonds is 2. The van der Waals surface area contributed by atoms with Crippen LogP contribution in [-0.4, -0.2) is 8.42 Å². The summed E-state index contributed by atoms with van der Waals surface area (Å²) in [7, 11) is -3.69. The summed E-state index contributed by atoms with van der Waals surface area (Å²) in [6.07, 6.45) is 0. The van der Waals surface area contributed by atoms with Crippen LogP contribution in [0.5, 0.6) is 0 Å². The Morgan fingerprint density at radius 3 is 2.43 bits per heavy atom. The highest BCUT2D eigenvalue weighted by Gasteiger charge is 2.15. The van der Waals surface area contributed by atoms with Gasteiger partial charge in [-0.1, -0.05) is 6.07 Å². The van der Waals surface area contributed by atoms with Crippen molar-refractivity contribution in [1.29, 1.82) is 0 Å². The quantitative estimate of drug-likeness (QED) is 0.842. The third-order valence-electron chi connectivity index (χ3n) is 1.82. The average molecular weight is 279 g/mol. The number of sulfonamides is 1. The van der Waals surface area contributed by atoms with E-state index >= 15 is 0 Å². The van der Waals surface area contributed by atoms with E-state index in [2.05, 4.69) is 15.9 Å². The molecule has 1 rings (SSSR count).